The third-order valence-corrected chi connectivity index (χ3v) is 4.31. The van der Waals surface area contributed by atoms with E-state index in [0.717, 1.165) is 0 Å². The van der Waals surface area contributed by atoms with Crippen molar-refractivity contribution in [2.45, 2.75) is 25.8 Å². The van der Waals surface area contributed by atoms with Gasteiger partial charge in [-0.15, -0.1) is 0 Å². The zero-order valence-corrected chi connectivity index (χ0v) is 14.0. The molecule has 1 N–H and O–H groups in total. The van der Waals surface area contributed by atoms with Crippen LogP contribution in [0.1, 0.15) is 35.7 Å². The number of ether oxygens (including phenoxy) is 1. The van der Waals surface area contributed by atoms with Gasteiger partial charge in [0.25, 0.3) is 5.91 Å². The third kappa shape index (κ3) is 4.66. The summed E-state index contributed by atoms with van der Waals surface area (Å²) >= 11 is 0. The fraction of sp³-hybridized carbons (Fsp3) is 0.300. The van der Waals surface area contributed by atoms with Gasteiger partial charge >= 0.3 is 0 Å². The summed E-state index contributed by atoms with van der Waals surface area (Å²) in [5.41, 5.74) is 0.897. The van der Waals surface area contributed by atoms with Crippen LogP contribution in [0.25, 0.3) is 0 Å². The summed E-state index contributed by atoms with van der Waals surface area (Å²) in [6, 6.07) is 12.2. The zero-order chi connectivity index (χ0) is 17.8. The number of carbonyl (C=O) groups is 2. The Kier molecular flexibility index (Phi) is 5.12. The van der Waals surface area contributed by atoms with Crippen LogP contribution in [0.15, 0.2) is 48.5 Å². The van der Waals surface area contributed by atoms with Crippen molar-refractivity contribution in [1.29, 1.82) is 0 Å². The fourth-order valence-corrected chi connectivity index (χ4v) is 2.63. The van der Waals surface area contributed by atoms with Crippen molar-refractivity contribution in [3.05, 3.63) is 65.5 Å². The SMILES string of the molecule is C[C@H](NC(=O)COc1ccc(C(=O)c2ccc(F)cc2)cc1)C1CC1. The van der Waals surface area contributed by atoms with Crippen molar-refractivity contribution < 1.29 is 18.7 Å². The maximum Gasteiger partial charge on any atom is 0.258 e. The molecule has 4 nitrogen and oxygen atoms in total. The Balaban J connectivity index is 1.53. The minimum atomic E-state index is -0.380. The molecule has 1 fully saturated rings. The van der Waals surface area contributed by atoms with E-state index < -0.39 is 0 Å². The fourth-order valence-electron chi connectivity index (χ4n) is 2.63. The minimum absolute atomic E-state index is 0.0533. The third-order valence-electron chi connectivity index (χ3n) is 4.31. The average Bonchev–Trinajstić information content (AvgIpc) is 3.46. The molecule has 2 aromatic carbocycles. The second-order valence-electron chi connectivity index (χ2n) is 6.34. The Morgan fingerprint density at radius 3 is 2.20 bits per heavy atom. The molecule has 0 bridgehead atoms. The van der Waals surface area contributed by atoms with Crippen LogP contribution >= 0.6 is 0 Å². The summed E-state index contributed by atoms with van der Waals surface area (Å²) < 4.78 is 18.4. The summed E-state index contributed by atoms with van der Waals surface area (Å²) in [6.07, 6.45) is 2.34. The number of halogens is 1. The number of ketones is 1. The van der Waals surface area contributed by atoms with Gasteiger partial charge in [-0.05, 0) is 74.2 Å². The molecule has 0 unspecified atom stereocenters. The van der Waals surface area contributed by atoms with Gasteiger partial charge < -0.3 is 10.1 Å². The molecule has 5 heteroatoms. The Morgan fingerprint density at radius 1 is 1.08 bits per heavy atom. The topological polar surface area (TPSA) is 55.4 Å². The summed E-state index contributed by atoms with van der Waals surface area (Å²) in [4.78, 5) is 24.1. The monoisotopic (exact) mass is 341 g/mol. The second-order valence-corrected chi connectivity index (χ2v) is 6.34. The molecule has 1 aliphatic rings. The maximum atomic E-state index is 12.9. The van der Waals surface area contributed by atoms with Gasteiger partial charge in [-0.25, -0.2) is 4.39 Å². The van der Waals surface area contributed by atoms with Gasteiger partial charge in [-0.1, -0.05) is 0 Å². The lowest BCUT2D eigenvalue weighted by Crippen LogP contribution is -2.37. The molecular weight excluding hydrogens is 321 g/mol. The highest BCUT2D eigenvalue weighted by molar-refractivity contribution is 6.09. The van der Waals surface area contributed by atoms with Crippen LogP contribution in [0.4, 0.5) is 4.39 Å². The van der Waals surface area contributed by atoms with Gasteiger partial charge in [0, 0.05) is 17.2 Å². The average molecular weight is 341 g/mol. The number of nitrogens with one attached hydrogen (secondary N) is 1. The molecule has 0 aliphatic heterocycles. The molecule has 25 heavy (non-hydrogen) atoms. The lowest BCUT2D eigenvalue weighted by molar-refractivity contribution is -0.123. The highest BCUT2D eigenvalue weighted by atomic mass is 19.1. The van der Waals surface area contributed by atoms with Gasteiger partial charge in [0.15, 0.2) is 12.4 Å². The van der Waals surface area contributed by atoms with Crippen LogP contribution in [0.5, 0.6) is 5.75 Å². The van der Waals surface area contributed by atoms with Crippen molar-refractivity contribution in [3.63, 3.8) is 0 Å². The maximum absolute atomic E-state index is 12.9. The largest absolute Gasteiger partial charge is 0.484 e. The molecule has 0 spiro atoms. The van der Waals surface area contributed by atoms with Gasteiger partial charge in [0.05, 0.1) is 0 Å². The summed E-state index contributed by atoms with van der Waals surface area (Å²) in [6.45, 7) is 1.95. The van der Waals surface area contributed by atoms with Gasteiger partial charge in [0.1, 0.15) is 11.6 Å². The number of hydrogen-bond acceptors (Lipinski definition) is 3. The van der Waals surface area contributed by atoms with Crippen LogP contribution in [0.2, 0.25) is 0 Å². The first kappa shape index (κ1) is 17.1. The number of benzene rings is 2. The van der Waals surface area contributed by atoms with E-state index in [-0.39, 0.29) is 30.2 Å². The summed E-state index contributed by atoms with van der Waals surface area (Å²) in [7, 11) is 0. The van der Waals surface area contributed by atoms with E-state index in [1.807, 2.05) is 6.92 Å². The molecule has 0 saturated heterocycles. The van der Waals surface area contributed by atoms with Crippen molar-refractivity contribution >= 4 is 11.7 Å². The van der Waals surface area contributed by atoms with Crippen molar-refractivity contribution in [1.82, 2.24) is 5.32 Å². The molecule has 0 aromatic heterocycles. The van der Waals surface area contributed by atoms with E-state index in [1.165, 1.54) is 37.1 Å². The summed E-state index contributed by atoms with van der Waals surface area (Å²) in [5, 5.41) is 2.92. The van der Waals surface area contributed by atoms with Gasteiger partial charge in [-0.3, -0.25) is 9.59 Å². The molecule has 130 valence electrons. The standard InChI is InChI=1S/C20H20FNO3/c1-13(14-2-3-14)22-19(23)12-25-18-10-6-16(7-11-18)20(24)15-4-8-17(21)9-5-15/h4-11,13-14H,2-3,12H2,1H3,(H,22,23)/t13-/m0/s1. The first-order valence-electron chi connectivity index (χ1n) is 8.35. The lowest BCUT2D eigenvalue weighted by Gasteiger charge is -2.13. The number of carbonyl (C=O) groups excluding carboxylic acids is 2. The van der Waals surface area contributed by atoms with Crippen molar-refractivity contribution in [2.24, 2.45) is 5.92 Å². The molecule has 1 atom stereocenters. The zero-order valence-electron chi connectivity index (χ0n) is 14.0. The van der Waals surface area contributed by atoms with Crippen LogP contribution in [0, 0.1) is 11.7 Å². The predicted molar refractivity (Wildman–Crippen MR) is 92.1 cm³/mol. The number of hydrogen-bond donors (Lipinski definition) is 1. The normalized spacial score (nSPS) is 14.6. The highest BCUT2D eigenvalue weighted by Gasteiger charge is 2.28. The molecule has 1 amide bonds. The molecule has 1 aliphatic carbocycles. The Morgan fingerprint density at radius 2 is 1.64 bits per heavy atom. The first-order chi connectivity index (χ1) is 12.0. The van der Waals surface area contributed by atoms with Crippen molar-refractivity contribution in [3.8, 4) is 5.75 Å². The van der Waals surface area contributed by atoms with E-state index in [9.17, 15) is 14.0 Å². The van der Waals surface area contributed by atoms with E-state index in [0.29, 0.717) is 22.8 Å². The van der Waals surface area contributed by atoms with Crippen LogP contribution in [-0.2, 0) is 4.79 Å². The molecule has 0 radical (unpaired) electrons. The minimum Gasteiger partial charge on any atom is -0.484 e. The predicted octanol–water partition coefficient (Wildman–Crippen LogP) is 3.35. The van der Waals surface area contributed by atoms with E-state index in [4.69, 9.17) is 4.74 Å². The molecule has 2 aromatic rings. The quantitative estimate of drug-likeness (QED) is 0.786. The van der Waals surface area contributed by atoms with Crippen LogP contribution in [-0.4, -0.2) is 24.3 Å². The smallest absolute Gasteiger partial charge is 0.258 e. The lowest BCUT2D eigenvalue weighted by atomic mass is 10.0. The van der Waals surface area contributed by atoms with Crippen molar-refractivity contribution in [2.75, 3.05) is 6.61 Å². The Hall–Kier alpha value is -2.69. The van der Waals surface area contributed by atoms with E-state index in [2.05, 4.69) is 5.32 Å². The molecule has 0 heterocycles. The number of rotatable bonds is 7. The van der Waals surface area contributed by atoms with E-state index >= 15 is 0 Å². The van der Waals surface area contributed by atoms with Crippen LogP contribution < -0.4 is 10.1 Å². The number of amides is 1. The first-order valence-corrected chi connectivity index (χ1v) is 8.35. The van der Waals surface area contributed by atoms with E-state index in [1.54, 1.807) is 24.3 Å². The molecule has 3 rings (SSSR count). The van der Waals surface area contributed by atoms with Gasteiger partial charge in [-0.2, -0.15) is 0 Å². The van der Waals surface area contributed by atoms with Crippen LogP contribution in [0.3, 0.4) is 0 Å². The Bertz CT molecular complexity index is 752. The Labute approximate surface area is 146 Å². The highest BCUT2D eigenvalue weighted by Crippen LogP contribution is 2.32. The second kappa shape index (κ2) is 7.47. The summed E-state index contributed by atoms with van der Waals surface area (Å²) in [5.74, 6) is 0.397. The molecular formula is C20H20FNO3. The van der Waals surface area contributed by atoms with Gasteiger partial charge in [0.2, 0.25) is 0 Å². The molecule has 1 saturated carbocycles.